The van der Waals surface area contributed by atoms with Crippen molar-refractivity contribution in [1.82, 2.24) is 25.0 Å². The lowest BCUT2D eigenvalue weighted by atomic mass is 10.1. The number of primary amides is 1. The molecule has 0 atom stereocenters. The molecular weight excluding hydrogens is 396 g/mol. The van der Waals surface area contributed by atoms with Gasteiger partial charge in [0.25, 0.3) is 0 Å². The maximum atomic E-state index is 14.1. The third-order valence-electron chi connectivity index (χ3n) is 4.35. The Labute approximate surface area is 168 Å². The van der Waals surface area contributed by atoms with Gasteiger partial charge in [-0.2, -0.15) is 0 Å². The van der Waals surface area contributed by atoms with Crippen LogP contribution < -0.4 is 11.1 Å². The van der Waals surface area contributed by atoms with Crippen LogP contribution in [-0.4, -0.2) is 36.0 Å². The first-order chi connectivity index (χ1) is 14.4. The Kier molecular flexibility index (Phi) is 4.92. The average Bonchev–Trinajstić information content (AvgIpc) is 3.19. The molecule has 1 amide bonds. The van der Waals surface area contributed by atoms with Gasteiger partial charge < -0.3 is 16.2 Å². The van der Waals surface area contributed by atoms with Gasteiger partial charge in [0, 0.05) is 29.5 Å². The maximum absolute atomic E-state index is 14.1. The highest BCUT2D eigenvalue weighted by Gasteiger charge is 2.13. The van der Waals surface area contributed by atoms with E-state index in [1.54, 1.807) is 24.4 Å². The molecule has 0 saturated heterocycles. The van der Waals surface area contributed by atoms with Crippen LogP contribution in [0.15, 0.2) is 42.9 Å². The van der Waals surface area contributed by atoms with E-state index in [9.17, 15) is 18.7 Å². The van der Waals surface area contributed by atoms with Crippen LogP contribution in [0, 0.1) is 11.6 Å². The Morgan fingerprint density at radius 3 is 2.80 bits per heavy atom. The van der Waals surface area contributed by atoms with Crippen LogP contribution >= 0.6 is 0 Å². The Morgan fingerprint density at radius 2 is 2.00 bits per heavy atom. The second-order valence-corrected chi connectivity index (χ2v) is 6.45. The lowest BCUT2D eigenvalue weighted by Crippen LogP contribution is -2.14. The summed E-state index contributed by atoms with van der Waals surface area (Å²) >= 11 is 0. The summed E-state index contributed by atoms with van der Waals surface area (Å²) in [4.78, 5) is 19.2. The van der Waals surface area contributed by atoms with E-state index in [1.165, 1.54) is 11.0 Å². The predicted octanol–water partition coefficient (Wildman–Crippen LogP) is 2.49. The molecule has 4 rings (SSSR count). The van der Waals surface area contributed by atoms with Crippen LogP contribution in [0.3, 0.4) is 0 Å². The van der Waals surface area contributed by atoms with Crippen LogP contribution in [0.1, 0.15) is 6.42 Å². The first-order valence-electron chi connectivity index (χ1n) is 8.79. The largest absolute Gasteiger partial charge is 0.505 e. The summed E-state index contributed by atoms with van der Waals surface area (Å²) in [6, 6.07) is 6.77. The molecule has 2 aromatic heterocycles. The molecule has 0 aliphatic rings. The van der Waals surface area contributed by atoms with E-state index >= 15 is 0 Å². The van der Waals surface area contributed by atoms with Crippen molar-refractivity contribution in [3.05, 3.63) is 54.5 Å². The number of aromatic hydroxyl groups is 1. The van der Waals surface area contributed by atoms with Crippen molar-refractivity contribution in [2.45, 2.75) is 13.0 Å². The molecule has 9 nitrogen and oxygen atoms in total. The number of phenols is 1. The molecule has 152 valence electrons. The van der Waals surface area contributed by atoms with E-state index in [0.717, 1.165) is 6.07 Å². The number of hydrogen-bond acceptors (Lipinski definition) is 7. The van der Waals surface area contributed by atoms with E-state index in [-0.39, 0.29) is 17.9 Å². The monoisotopic (exact) mass is 411 g/mol. The maximum Gasteiger partial charge on any atom is 0.219 e. The number of halogens is 2. The Hall–Kier alpha value is -4.15. The molecule has 0 spiro atoms. The highest BCUT2D eigenvalue weighted by molar-refractivity contribution is 5.93. The number of rotatable bonds is 6. The summed E-state index contributed by atoms with van der Waals surface area (Å²) < 4.78 is 28.9. The molecule has 2 aromatic carbocycles. The fraction of sp³-hybridized carbons (Fsp3) is 0.105. The molecule has 2 heterocycles. The summed E-state index contributed by atoms with van der Waals surface area (Å²) in [7, 11) is 0. The minimum absolute atomic E-state index is 0.137. The SMILES string of the molecule is NC(=O)CCn1cc(-c2ccc3ncnc(Nc4cc(O)c(F)cc4F)c3c2)nn1. The number of carbonyl (C=O) groups is 1. The molecule has 11 heteroatoms. The van der Waals surface area contributed by atoms with E-state index in [1.807, 2.05) is 0 Å². The fourth-order valence-electron chi connectivity index (χ4n) is 2.84. The minimum atomic E-state index is -1.06. The van der Waals surface area contributed by atoms with Gasteiger partial charge >= 0.3 is 0 Å². The van der Waals surface area contributed by atoms with Crippen molar-refractivity contribution in [1.29, 1.82) is 0 Å². The predicted molar refractivity (Wildman–Crippen MR) is 104 cm³/mol. The van der Waals surface area contributed by atoms with Gasteiger partial charge in [0.05, 0.1) is 23.9 Å². The van der Waals surface area contributed by atoms with Gasteiger partial charge in [-0.05, 0) is 12.1 Å². The number of phenolic OH excluding ortho intramolecular Hbond substituents is 1. The Bertz CT molecular complexity index is 1260. The van der Waals surface area contributed by atoms with Crippen molar-refractivity contribution < 1.29 is 18.7 Å². The summed E-state index contributed by atoms with van der Waals surface area (Å²) in [6.45, 7) is 0.305. The molecular formula is C19H15F2N7O2. The number of nitrogens with zero attached hydrogens (tertiary/aromatic N) is 5. The molecule has 0 aliphatic heterocycles. The van der Waals surface area contributed by atoms with Crippen molar-refractivity contribution >= 4 is 28.3 Å². The van der Waals surface area contributed by atoms with Gasteiger partial charge in [0.1, 0.15) is 23.7 Å². The number of anilines is 2. The summed E-state index contributed by atoms with van der Waals surface area (Å²) in [5, 5.41) is 20.9. The number of hydrogen-bond donors (Lipinski definition) is 3. The summed E-state index contributed by atoms with van der Waals surface area (Å²) in [5.41, 5.74) is 6.81. The van der Waals surface area contributed by atoms with Gasteiger partial charge in [0.2, 0.25) is 5.91 Å². The van der Waals surface area contributed by atoms with Gasteiger partial charge in [-0.15, -0.1) is 5.10 Å². The third-order valence-corrected chi connectivity index (χ3v) is 4.35. The van der Waals surface area contributed by atoms with Crippen LogP contribution in [0.25, 0.3) is 22.2 Å². The normalized spacial score (nSPS) is 11.0. The number of aromatic nitrogens is 5. The van der Waals surface area contributed by atoms with E-state index in [0.29, 0.717) is 34.8 Å². The molecule has 30 heavy (non-hydrogen) atoms. The summed E-state index contributed by atoms with van der Waals surface area (Å²) in [5.74, 6) is -2.82. The standard InChI is InChI=1S/C19H15F2N7O2/c20-12-6-13(21)17(29)7-15(12)25-19-11-5-10(1-2-14(11)23-9-24-19)16-8-28(27-26-16)4-3-18(22)30/h1-2,5-9,29H,3-4H2,(H2,22,30)(H,23,24,25). The number of fused-ring (bicyclic) bond motifs is 1. The molecule has 0 aliphatic carbocycles. The highest BCUT2D eigenvalue weighted by Crippen LogP contribution is 2.30. The van der Waals surface area contributed by atoms with Gasteiger partial charge in [-0.25, -0.2) is 18.7 Å². The summed E-state index contributed by atoms with van der Waals surface area (Å²) in [6.07, 6.45) is 3.10. The average molecular weight is 411 g/mol. The zero-order valence-corrected chi connectivity index (χ0v) is 15.4. The second-order valence-electron chi connectivity index (χ2n) is 6.45. The first-order valence-corrected chi connectivity index (χ1v) is 8.79. The first kappa shape index (κ1) is 19.2. The van der Waals surface area contributed by atoms with Gasteiger partial charge in [0.15, 0.2) is 11.6 Å². The lowest BCUT2D eigenvalue weighted by molar-refractivity contribution is -0.118. The van der Waals surface area contributed by atoms with Crippen LogP contribution in [0.2, 0.25) is 0 Å². The number of aryl methyl sites for hydroxylation is 1. The lowest BCUT2D eigenvalue weighted by Gasteiger charge is -2.10. The molecule has 0 saturated carbocycles. The molecule has 0 bridgehead atoms. The number of benzene rings is 2. The second kappa shape index (κ2) is 7.70. The Morgan fingerprint density at radius 1 is 1.17 bits per heavy atom. The molecule has 4 N–H and O–H groups in total. The van der Waals surface area contributed by atoms with E-state index in [2.05, 4.69) is 25.6 Å². The van der Waals surface area contributed by atoms with E-state index < -0.39 is 23.3 Å². The third kappa shape index (κ3) is 3.85. The number of nitrogens with two attached hydrogens (primary N) is 1. The molecule has 0 unspecified atom stereocenters. The zero-order chi connectivity index (χ0) is 21.3. The number of carbonyl (C=O) groups excluding carboxylic acids is 1. The molecule has 4 aromatic rings. The minimum Gasteiger partial charge on any atom is -0.505 e. The quantitative estimate of drug-likeness (QED) is 0.444. The van der Waals surface area contributed by atoms with Crippen molar-refractivity contribution in [2.24, 2.45) is 5.73 Å². The van der Waals surface area contributed by atoms with E-state index in [4.69, 9.17) is 5.73 Å². The topological polar surface area (TPSA) is 132 Å². The van der Waals surface area contributed by atoms with Crippen molar-refractivity contribution in [3.63, 3.8) is 0 Å². The number of amides is 1. The smallest absolute Gasteiger partial charge is 0.219 e. The van der Waals surface area contributed by atoms with Crippen molar-refractivity contribution in [3.8, 4) is 17.0 Å². The van der Waals surface area contributed by atoms with Gasteiger partial charge in [-0.3, -0.25) is 9.48 Å². The van der Waals surface area contributed by atoms with Crippen LogP contribution in [0.5, 0.6) is 5.75 Å². The molecule has 0 fully saturated rings. The fourth-order valence-corrected chi connectivity index (χ4v) is 2.84. The van der Waals surface area contributed by atoms with Crippen molar-refractivity contribution in [2.75, 3.05) is 5.32 Å². The number of nitrogens with one attached hydrogen (secondary N) is 1. The van der Waals surface area contributed by atoms with Crippen LogP contribution in [-0.2, 0) is 11.3 Å². The highest BCUT2D eigenvalue weighted by atomic mass is 19.1. The van der Waals surface area contributed by atoms with Crippen LogP contribution in [0.4, 0.5) is 20.3 Å². The zero-order valence-electron chi connectivity index (χ0n) is 15.4. The Balaban J connectivity index is 1.69. The molecule has 0 radical (unpaired) electrons. The van der Waals surface area contributed by atoms with Gasteiger partial charge in [-0.1, -0.05) is 11.3 Å².